The number of halogens is 2. The summed E-state index contributed by atoms with van der Waals surface area (Å²) in [4.78, 5) is 6.66. The smallest absolute Gasteiger partial charge is 0.248 e. The van der Waals surface area contributed by atoms with E-state index in [9.17, 15) is 8.78 Å². The quantitative estimate of drug-likeness (QED) is 0.858. The van der Waals surface area contributed by atoms with Crippen LogP contribution < -0.4 is 5.32 Å². The Balaban J connectivity index is 1.49. The Bertz CT molecular complexity index is 501. The minimum Gasteiger partial charge on any atom is -0.378 e. The van der Waals surface area contributed by atoms with Gasteiger partial charge in [-0.05, 0) is 19.9 Å². The summed E-state index contributed by atoms with van der Waals surface area (Å²) in [7, 11) is 2.03. The van der Waals surface area contributed by atoms with E-state index in [4.69, 9.17) is 4.74 Å². The Kier molecular flexibility index (Phi) is 4.42. The van der Waals surface area contributed by atoms with Crippen LogP contribution in [0.1, 0.15) is 37.5 Å². The highest BCUT2D eigenvalue weighted by Gasteiger charge is 2.47. The van der Waals surface area contributed by atoms with Crippen LogP contribution in [0.4, 0.5) is 8.78 Å². The minimum absolute atomic E-state index is 0.0208. The van der Waals surface area contributed by atoms with Gasteiger partial charge in [-0.15, -0.1) is 0 Å². The molecule has 0 radical (unpaired) electrons. The van der Waals surface area contributed by atoms with Crippen LogP contribution >= 0.6 is 0 Å². The second-order valence-corrected chi connectivity index (χ2v) is 6.41. The molecule has 124 valence electrons. The average molecular weight is 315 g/mol. The lowest BCUT2D eigenvalue weighted by molar-refractivity contribution is -0.118. The summed E-state index contributed by atoms with van der Waals surface area (Å²) in [5.41, 5.74) is 0. The fourth-order valence-electron chi connectivity index (χ4n) is 2.98. The Hall–Kier alpha value is -1.12. The van der Waals surface area contributed by atoms with Crippen LogP contribution in [-0.4, -0.2) is 58.9 Å². The topological polar surface area (TPSA) is 66.1 Å². The predicted molar refractivity (Wildman–Crippen MR) is 76.5 cm³/mol. The van der Waals surface area contributed by atoms with E-state index in [0.29, 0.717) is 13.2 Å². The van der Waals surface area contributed by atoms with Gasteiger partial charge >= 0.3 is 0 Å². The third-order valence-electron chi connectivity index (χ3n) is 4.66. The Labute approximate surface area is 128 Å². The summed E-state index contributed by atoms with van der Waals surface area (Å²) in [6.07, 6.45) is -0.0416. The Morgan fingerprint density at radius 1 is 1.50 bits per heavy atom. The van der Waals surface area contributed by atoms with E-state index in [1.54, 1.807) is 0 Å². The second-order valence-electron chi connectivity index (χ2n) is 6.41. The lowest BCUT2D eigenvalue weighted by Crippen LogP contribution is -2.46. The SMILES string of the molecule is CC(NCc1nc(C2COCCN2C)n[nH]1)C1CC(F)(F)C1. The van der Waals surface area contributed by atoms with Crippen molar-refractivity contribution in [2.24, 2.45) is 5.92 Å². The minimum atomic E-state index is -2.47. The van der Waals surface area contributed by atoms with Crippen LogP contribution in [0, 0.1) is 5.92 Å². The molecule has 8 heteroatoms. The third-order valence-corrected chi connectivity index (χ3v) is 4.66. The number of ether oxygens (including phenoxy) is 1. The van der Waals surface area contributed by atoms with Gasteiger partial charge in [0.05, 0.1) is 25.8 Å². The van der Waals surface area contributed by atoms with Gasteiger partial charge in [0.15, 0.2) is 5.82 Å². The van der Waals surface area contributed by atoms with Crippen LogP contribution in [-0.2, 0) is 11.3 Å². The molecule has 2 N–H and O–H groups in total. The van der Waals surface area contributed by atoms with Gasteiger partial charge in [0.25, 0.3) is 0 Å². The second kappa shape index (κ2) is 6.17. The summed E-state index contributed by atoms with van der Waals surface area (Å²) in [6, 6.07) is 0.121. The van der Waals surface area contributed by atoms with E-state index in [1.807, 2.05) is 14.0 Å². The number of hydrogen-bond donors (Lipinski definition) is 2. The zero-order chi connectivity index (χ0) is 15.7. The molecule has 1 saturated carbocycles. The Morgan fingerprint density at radius 2 is 2.27 bits per heavy atom. The fourth-order valence-corrected chi connectivity index (χ4v) is 2.98. The largest absolute Gasteiger partial charge is 0.378 e. The molecule has 2 fully saturated rings. The number of aromatic amines is 1. The first-order chi connectivity index (χ1) is 10.4. The van der Waals surface area contributed by atoms with Crippen molar-refractivity contribution in [3.05, 3.63) is 11.6 Å². The monoisotopic (exact) mass is 315 g/mol. The highest BCUT2D eigenvalue weighted by Crippen LogP contribution is 2.43. The maximum absolute atomic E-state index is 12.9. The fraction of sp³-hybridized carbons (Fsp3) is 0.857. The summed E-state index contributed by atoms with van der Waals surface area (Å²) in [5, 5.41) is 10.4. The molecule has 0 aromatic carbocycles. The summed E-state index contributed by atoms with van der Waals surface area (Å²) < 4.78 is 31.2. The molecule has 0 amide bonds. The molecule has 1 aliphatic carbocycles. The van der Waals surface area contributed by atoms with Gasteiger partial charge in [-0.25, -0.2) is 13.8 Å². The highest BCUT2D eigenvalue weighted by atomic mass is 19.3. The van der Waals surface area contributed by atoms with E-state index in [2.05, 4.69) is 25.4 Å². The van der Waals surface area contributed by atoms with Gasteiger partial charge in [-0.3, -0.25) is 10.00 Å². The van der Waals surface area contributed by atoms with E-state index >= 15 is 0 Å². The molecule has 1 aliphatic heterocycles. The number of alkyl halides is 2. The molecular weight excluding hydrogens is 292 g/mol. The normalized spacial score (nSPS) is 27.5. The first kappa shape index (κ1) is 15.8. The number of nitrogens with one attached hydrogen (secondary N) is 2. The van der Waals surface area contributed by atoms with Crippen molar-refractivity contribution in [3.63, 3.8) is 0 Å². The average Bonchev–Trinajstić information content (AvgIpc) is 2.91. The molecule has 1 saturated heterocycles. The summed E-state index contributed by atoms with van der Waals surface area (Å²) in [6.45, 7) is 4.64. The van der Waals surface area contributed by atoms with E-state index in [0.717, 1.165) is 24.8 Å². The molecular formula is C14H23F2N5O. The number of nitrogens with zero attached hydrogens (tertiary/aromatic N) is 3. The van der Waals surface area contributed by atoms with E-state index in [-0.39, 0.29) is 30.8 Å². The molecule has 0 bridgehead atoms. The lowest BCUT2D eigenvalue weighted by Gasteiger charge is -2.39. The van der Waals surface area contributed by atoms with Crippen LogP contribution in [0.3, 0.4) is 0 Å². The van der Waals surface area contributed by atoms with Gasteiger partial charge in [0.2, 0.25) is 5.92 Å². The maximum atomic E-state index is 12.9. The molecule has 3 rings (SSSR count). The number of H-pyrrole nitrogens is 1. The molecule has 1 aromatic heterocycles. The van der Waals surface area contributed by atoms with Crippen molar-refractivity contribution in [1.29, 1.82) is 0 Å². The van der Waals surface area contributed by atoms with Crippen molar-refractivity contribution in [1.82, 2.24) is 25.4 Å². The molecule has 2 atom stereocenters. The van der Waals surface area contributed by atoms with Crippen molar-refractivity contribution in [2.45, 2.75) is 44.3 Å². The van der Waals surface area contributed by atoms with Gasteiger partial charge < -0.3 is 10.1 Å². The van der Waals surface area contributed by atoms with Gasteiger partial charge in [0, 0.05) is 25.4 Å². The zero-order valence-corrected chi connectivity index (χ0v) is 13.0. The standard InChI is InChI=1S/C14H23F2N5O/c1-9(10-5-14(15,16)6-10)17-7-12-18-13(20-19-12)11-8-22-4-3-21(11)2/h9-11,17H,3-8H2,1-2H3,(H,18,19,20). The van der Waals surface area contributed by atoms with Crippen molar-refractivity contribution < 1.29 is 13.5 Å². The van der Waals surface area contributed by atoms with Crippen LogP contribution in [0.5, 0.6) is 0 Å². The van der Waals surface area contributed by atoms with Crippen LogP contribution in [0.25, 0.3) is 0 Å². The maximum Gasteiger partial charge on any atom is 0.248 e. The third kappa shape index (κ3) is 3.44. The van der Waals surface area contributed by atoms with Crippen LogP contribution in [0.2, 0.25) is 0 Å². The number of likely N-dealkylation sites (N-methyl/N-ethyl adjacent to an activating group) is 1. The zero-order valence-electron chi connectivity index (χ0n) is 13.0. The molecule has 6 nitrogen and oxygen atoms in total. The highest BCUT2D eigenvalue weighted by molar-refractivity contribution is 4.99. The molecule has 2 heterocycles. The summed E-state index contributed by atoms with van der Waals surface area (Å²) in [5.74, 6) is -0.977. The number of aromatic nitrogens is 3. The molecule has 0 spiro atoms. The number of morpholine rings is 1. The molecule has 1 aromatic rings. The molecule has 2 aliphatic rings. The van der Waals surface area contributed by atoms with Crippen molar-refractivity contribution in [2.75, 3.05) is 26.8 Å². The van der Waals surface area contributed by atoms with Gasteiger partial charge in [0.1, 0.15) is 5.82 Å². The van der Waals surface area contributed by atoms with E-state index in [1.165, 1.54) is 0 Å². The first-order valence-corrected chi connectivity index (χ1v) is 7.75. The predicted octanol–water partition coefficient (Wildman–Crippen LogP) is 1.33. The number of hydrogen-bond acceptors (Lipinski definition) is 5. The molecule has 2 unspecified atom stereocenters. The lowest BCUT2D eigenvalue weighted by atomic mass is 9.77. The van der Waals surface area contributed by atoms with Gasteiger partial charge in [-0.1, -0.05) is 0 Å². The Morgan fingerprint density at radius 3 is 2.95 bits per heavy atom. The number of rotatable bonds is 5. The summed E-state index contributed by atoms with van der Waals surface area (Å²) >= 11 is 0. The van der Waals surface area contributed by atoms with Crippen LogP contribution in [0.15, 0.2) is 0 Å². The van der Waals surface area contributed by atoms with E-state index < -0.39 is 5.92 Å². The van der Waals surface area contributed by atoms with Crippen molar-refractivity contribution >= 4 is 0 Å². The molecule has 22 heavy (non-hydrogen) atoms. The van der Waals surface area contributed by atoms with Crippen molar-refractivity contribution in [3.8, 4) is 0 Å². The van der Waals surface area contributed by atoms with Gasteiger partial charge in [-0.2, -0.15) is 5.10 Å². The first-order valence-electron chi connectivity index (χ1n) is 7.75.